The molecule has 0 saturated carbocycles. The highest BCUT2D eigenvalue weighted by Crippen LogP contribution is 2.22. The molecule has 0 aliphatic carbocycles. The van der Waals surface area contributed by atoms with Crippen molar-refractivity contribution in [2.75, 3.05) is 13.2 Å². The van der Waals surface area contributed by atoms with Gasteiger partial charge in [0, 0.05) is 18.2 Å². The summed E-state index contributed by atoms with van der Waals surface area (Å²) in [5.41, 5.74) is -0.187. The van der Waals surface area contributed by atoms with E-state index in [2.05, 4.69) is 10.2 Å². The van der Waals surface area contributed by atoms with Crippen molar-refractivity contribution in [2.45, 2.75) is 71.0 Å². The number of piperidine rings is 1. The number of nitrogens with one attached hydrogen (secondary N) is 1. The van der Waals surface area contributed by atoms with Crippen LogP contribution in [0, 0.1) is 0 Å². The van der Waals surface area contributed by atoms with Crippen LogP contribution in [0.1, 0.15) is 53.4 Å². The summed E-state index contributed by atoms with van der Waals surface area (Å²) in [6.45, 7) is 9.13. The summed E-state index contributed by atoms with van der Waals surface area (Å²) in [7, 11) is 0. The number of nitrogens with zero attached hydrogens (tertiary/aromatic N) is 1. The van der Waals surface area contributed by atoms with Gasteiger partial charge in [0.25, 0.3) is 0 Å². The van der Waals surface area contributed by atoms with Gasteiger partial charge >= 0.3 is 0 Å². The van der Waals surface area contributed by atoms with Crippen LogP contribution in [0.4, 0.5) is 0 Å². The van der Waals surface area contributed by atoms with Crippen LogP contribution in [-0.4, -0.2) is 46.7 Å². The molecule has 0 aromatic carbocycles. The fourth-order valence-corrected chi connectivity index (χ4v) is 2.62. The van der Waals surface area contributed by atoms with Crippen LogP contribution in [0.5, 0.6) is 0 Å². The summed E-state index contributed by atoms with van der Waals surface area (Å²) < 4.78 is 0. The third kappa shape index (κ3) is 4.58. The van der Waals surface area contributed by atoms with Gasteiger partial charge in [0.05, 0.1) is 6.04 Å². The van der Waals surface area contributed by atoms with Crippen molar-refractivity contribution < 1.29 is 9.90 Å². The van der Waals surface area contributed by atoms with E-state index in [4.69, 9.17) is 5.11 Å². The van der Waals surface area contributed by atoms with Crippen molar-refractivity contribution in [1.29, 1.82) is 0 Å². The third-order valence-electron chi connectivity index (χ3n) is 3.51. The fraction of sp³-hybridized carbons (Fsp3) is 0.929. The molecule has 0 radical (unpaired) electrons. The Labute approximate surface area is 111 Å². The van der Waals surface area contributed by atoms with Gasteiger partial charge in [-0.25, -0.2) is 0 Å². The molecule has 1 aliphatic rings. The van der Waals surface area contributed by atoms with E-state index in [-0.39, 0.29) is 24.1 Å². The molecule has 1 fully saturated rings. The Morgan fingerprint density at radius 2 is 2.11 bits per heavy atom. The Bertz CT molecular complexity index is 271. The van der Waals surface area contributed by atoms with Crippen molar-refractivity contribution in [1.82, 2.24) is 10.2 Å². The molecule has 0 spiro atoms. The molecule has 4 heteroatoms. The zero-order valence-corrected chi connectivity index (χ0v) is 12.2. The van der Waals surface area contributed by atoms with Crippen LogP contribution in [0.25, 0.3) is 0 Å². The molecule has 2 atom stereocenters. The molecule has 1 aliphatic heterocycles. The second-order valence-corrected chi connectivity index (χ2v) is 6.31. The smallest absolute Gasteiger partial charge is 0.237 e. The van der Waals surface area contributed by atoms with Gasteiger partial charge in [-0.1, -0.05) is 6.42 Å². The predicted molar refractivity (Wildman–Crippen MR) is 73.4 cm³/mol. The van der Waals surface area contributed by atoms with Crippen molar-refractivity contribution in [2.24, 2.45) is 0 Å². The van der Waals surface area contributed by atoms with Crippen LogP contribution in [0.15, 0.2) is 0 Å². The zero-order chi connectivity index (χ0) is 13.8. The first-order valence-corrected chi connectivity index (χ1v) is 7.04. The Balaban J connectivity index is 2.62. The van der Waals surface area contributed by atoms with Crippen LogP contribution >= 0.6 is 0 Å². The van der Waals surface area contributed by atoms with E-state index in [1.54, 1.807) is 0 Å². The molecular weight excluding hydrogens is 228 g/mol. The Morgan fingerprint density at radius 1 is 1.44 bits per heavy atom. The Kier molecular flexibility index (Phi) is 5.60. The molecule has 4 nitrogen and oxygen atoms in total. The second kappa shape index (κ2) is 6.53. The molecule has 1 heterocycles. The maximum Gasteiger partial charge on any atom is 0.237 e. The number of likely N-dealkylation sites (tertiary alicyclic amines) is 1. The summed E-state index contributed by atoms with van der Waals surface area (Å²) in [5.74, 6) is 0.0901. The summed E-state index contributed by atoms with van der Waals surface area (Å²) in [6.07, 6.45) is 4.21. The van der Waals surface area contributed by atoms with Crippen LogP contribution in [-0.2, 0) is 4.79 Å². The average molecular weight is 256 g/mol. The highest BCUT2D eigenvalue weighted by molar-refractivity contribution is 5.82. The topological polar surface area (TPSA) is 52.6 Å². The lowest BCUT2D eigenvalue weighted by Crippen LogP contribution is -2.55. The summed E-state index contributed by atoms with van der Waals surface area (Å²) in [5, 5.41) is 12.2. The van der Waals surface area contributed by atoms with Crippen molar-refractivity contribution >= 4 is 5.91 Å². The van der Waals surface area contributed by atoms with Gasteiger partial charge in [-0.2, -0.15) is 0 Å². The summed E-state index contributed by atoms with van der Waals surface area (Å²) in [6, 6.07) is 0.241. The molecule has 2 unspecified atom stereocenters. The molecule has 1 amide bonds. The maximum absolute atomic E-state index is 12.2. The molecule has 1 rings (SSSR count). The van der Waals surface area contributed by atoms with Crippen molar-refractivity contribution in [3.63, 3.8) is 0 Å². The molecule has 1 saturated heterocycles. The fourth-order valence-electron chi connectivity index (χ4n) is 2.62. The lowest BCUT2D eigenvalue weighted by molar-refractivity contribution is -0.129. The first-order valence-electron chi connectivity index (χ1n) is 7.04. The van der Waals surface area contributed by atoms with E-state index in [0.717, 1.165) is 25.8 Å². The van der Waals surface area contributed by atoms with Gasteiger partial charge < -0.3 is 10.4 Å². The largest absolute Gasteiger partial charge is 0.396 e. The third-order valence-corrected chi connectivity index (χ3v) is 3.51. The number of aliphatic hydroxyl groups excluding tert-OH is 1. The Hall–Kier alpha value is -0.610. The molecule has 0 aromatic heterocycles. The van der Waals surface area contributed by atoms with Gasteiger partial charge in [-0.05, 0) is 53.5 Å². The van der Waals surface area contributed by atoms with Gasteiger partial charge in [-0.3, -0.25) is 9.69 Å². The standard InChI is InChI=1S/C14H28N2O2/c1-11(13(18)15-14(2,3)4)16-9-6-5-7-12(16)8-10-17/h11-12,17H,5-10H2,1-4H3,(H,15,18). The van der Waals surface area contributed by atoms with Crippen LogP contribution in [0.2, 0.25) is 0 Å². The number of hydrogen-bond acceptors (Lipinski definition) is 3. The average Bonchev–Trinajstić information content (AvgIpc) is 2.27. The van der Waals surface area contributed by atoms with Crippen LogP contribution < -0.4 is 5.32 Å². The minimum Gasteiger partial charge on any atom is -0.396 e. The lowest BCUT2D eigenvalue weighted by Gasteiger charge is -2.39. The minimum atomic E-state index is -0.187. The monoisotopic (exact) mass is 256 g/mol. The van der Waals surface area contributed by atoms with E-state index in [1.165, 1.54) is 6.42 Å². The minimum absolute atomic E-state index is 0.0901. The van der Waals surface area contributed by atoms with Gasteiger partial charge in [0.1, 0.15) is 0 Å². The quantitative estimate of drug-likeness (QED) is 0.802. The van der Waals surface area contributed by atoms with Crippen LogP contribution in [0.3, 0.4) is 0 Å². The van der Waals surface area contributed by atoms with E-state index < -0.39 is 0 Å². The van der Waals surface area contributed by atoms with E-state index in [0.29, 0.717) is 6.04 Å². The maximum atomic E-state index is 12.2. The SMILES string of the molecule is CC(C(=O)NC(C)(C)C)N1CCCCC1CCO. The van der Waals surface area contributed by atoms with Crippen molar-refractivity contribution in [3.05, 3.63) is 0 Å². The van der Waals surface area contributed by atoms with E-state index >= 15 is 0 Å². The highest BCUT2D eigenvalue weighted by Gasteiger charge is 2.31. The Morgan fingerprint density at radius 3 is 2.67 bits per heavy atom. The summed E-state index contributed by atoms with van der Waals surface area (Å²) in [4.78, 5) is 14.4. The van der Waals surface area contributed by atoms with E-state index in [9.17, 15) is 4.79 Å². The number of aliphatic hydroxyl groups is 1. The molecule has 0 aromatic rings. The number of amides is 1. The molecule has 106 valence electrons. The number of rotatable bonds is 4. The summed E-state index contributed by atoms with van der Waals surface area (Å²) >= 11 is 0. The number of hydrogen-bond donors (Lipinski definition) is 2. The molecule has 0 bridgehead atoms. The van der Waals surface area contributed by atoms with Crippen molar-refractivity contribution in [3.8, 4) is 0 Å². The zero-order valence-electron chi connectivity index (χ0n) is 12.2. The van der Waals surface area contributed by atoms with Gasteiger partial charge in [0.2, 0.25) is 5.91 Å². The predicted octanol–water partition coefficient (Wildman–Crippen LogP) is 1.53. The normalized spacial score (nSPS) is 23.7. The lowest BCUT2D eigenvalue weighted by atomic mass is 9.97. The first kappa shape index (κ1) is 15.4. The molecular formula is C14H28N2O2. The second-order valence-electron chi connectivity index (χ2n) is 6.31. The highest BCUT2D eigenvalue weighted by atomic mass is 16.3. The van der Waals surface area contributed by atoms with Gasteiger partial charge in [-0.15, -0.1) is 0 Å². The number of carbonyl (C=O) groups is 1. The first-order chi connectivity index (χ1) is 8.35. The van der Waals surface area contributed by atoms with E-state index in [1.807, 2.05) is 27.7 Å². The van der Waals surface area contributed by atoms with Gasteiger partial charge in [0.15, 0.2) is 0 Å². The number of carbonyl (C=O) groups excluding carboxylic acids is 1. The molecule has 2 N–H and O–H groups in total. The molecule has 18 heavy (non-hydrogen) atoms.